The van der Waals surface area contributed by atoms with Crippen LogP contribution in [0.5, 0.6) is 0 Å². The van der Waals surface area contributed by atoms with Crippen molar-refractivity contribution in [3.63, 3.8) is 0 Å². The van der Waals surface area contributed by atoms with Crippen molar-refractivity contribution in [3.05, 3.63) is 47.8 Å². The summed E-state index contributed by atoms with van der Waals surface area (Å²) in [5.41, 5.74) is 2.11. The second-order valence-corrected chi connectivity index (χ2v) is 7.23. The maximum atomic E-state index is 11.8. The number of halogens is 1. The minimum absolute atomic E-state index is 0.666. The fourth-order valence-electron chi connectivity index (χ4n) is 3.86. The van der Waals surface area contributed by atoms with Gasteiger partial charge >= 0.3 is 0 Å². The molecular formula is C22H30FN. The Morgan fingerprint density at radius 1 is 0.958 bits per heavy atom. The van der Waals surface area contributed by atoms with Gasteiger partial charge < -0.3 is 0 Å². The van der Waals surface area contributed by atoms with Crippen molar-refractivity contribution in [2.24, 2.45) is 11.8 Å². The van der Waals surface area contributed by atoms with E-state index >= 15 is 0 Å². The summed E-state index contributed by atoms with van der Waals surface area (Å²) in [6, 6.07) is 10.2. The third-order valence-electron chi connectivity index (χ3n) is 5.46. The van der Waals surface area contributed by atoms with Gasteiger partial charge in [0.2, 0.25) is 0 Å². The van der Waals surface area contributed by atoms with Gasteiger partial charge in [0.1, 0.15) is 0 Å². The van der Waals surface area contributed by atoms with E-state index < -0.39 is 0 Å². The minimum atomic E-state index is 0.666. The van der Waals surface area contributed by atoms with E-state index in [1.54, 1.807) is 6.08 Å². The zero-order valence-electron chi connectivity index (χ0n) is 14.7. The SMILES string of the molecule is N#Cc1ccc(CCC2CCC(CCCCCC=CF)CC2)cc1. The fraction of sp³-hybridized carbons (Fsp3) is 0.591. The van der Waals surface area contributed by atoms with Crippen LogP contribution in [0.2, 0.25) is 0 Å². The second-order valence-electron chi connectivity index (χ2n) is 7.23. The maximum Gasteiger partial charge on any atom is 0.0991 e. The van der Waals surface area contributed by atoms with Crippen molar-refractivity contribution in [2.45, 2.75) is 70.6 Å². The van der Waals surface area contributed by atoms with Crippen LogP contribution in [0.1, 0.15) is 75.3 Å². The van der Waals surface area contributed by atoms with Gasteiger partial charge in [-0.05, 0) is 55.2 Å². The summed E-state index contributed by atoms with van der Waals surface area (Å²) >= 11 is 0. The lowest BCUT2D eigenvalue weighted by Gasteiger charge is -2.28. The zero-order valence-corrected chi connectivity index (χ0v) is 14.7. The number of unbranched alkanes of at least 4 members (excludes halogenated alkanes) is 3. The number of allylic oxidation sites excluding steroid dienone is 1. The molecule has 2 rings (SSSR count). The maximum absolute atomic E-state index is 11.8. The molecular weight excluding hydrogens is 297 g/mol. The highest BCUT2D eigenvalue weighted by atomic mass is 19.1. The van der Waals surface area contributed by atoms with Gasteiger partial charge in [-0.2, -0.15) is 5.26 Å². The molecule has 1 nitrogen and oxygen atoms in total. The van der Waals surface area contributed by atoms with E-state index in [0.717, 1.165) is 36.7 Å². The number of hydrogen-bond acceptors (Lipinski definition) is 1. The van der Waals surface area contributed by atoms with E-state index in [0.29, 0.717) is 6.33 Å². The molecule has 0 unspecified atom stereocenters. The number of hydrogen-bond donors (Lipinski definition) is 0. The van der Waals surface area contributed by atoms with E-state index in [9.17, 15) is 4.39 Å². The summed E-state index contributed by atoms with van der Waals surface area (Å²) < 4.78 is 11.8. The molecule has 0 spiro atoms. The molecule has 24 heavy (non-hydrogen) atoms. The van der Waals surface area contributed by atoms with Crippen LogP contribution >= 0.6 is 0 Å². The van der Waals surface area contributed by atoms with E-state index in [4.69, 9.17) is 5.26 Å². The summed E-state index contributed by atoms with van der Waals surface area (Å²) in [5, 5.41) is 8.83. The molecule has 1 fully saturated rings. The molecule has 1 aliphatic carbocycles. The third kappa shape index (κ3) is 6.87. The van der Waals surface area contributed by atoms with Crippen LogP contribution in [0, 0.1) is 23.2 Å². The average molecular weight is 327 g/mol. The van der Waals surface area contributed by atoms with E-state index in [1.807, 2.05) is 12.1 Å². The molecule has 1 aromatic carbocycles. The van der Waals surface area contributed by atoms with Crippen molar-refractivity contribution in [2.75, 3.05) is 0 Å². The Morgan fingerprint density at radius 2 is 1.62 bits per heavy atom. The molecule has 0 amide bonds. The first kappa shape index (κ1) is 18.7. The standard InChI is InChI=1S/C22H30FN/c23-17-5-3-1-2-4-6-19-7-9-20(10-8-19)11-12-21-13-15-22(18-24)16-14-21/h5,13-17,19-20H,1-4,6-12H2. The fourth-order valence-corrected chi connectivity index (χ4v) is 3.86. The van der Waals surface area contributed by atoms with Gasteiger partial charge in [-0.3, -0.25) is 0 Å². The molecule has 1 saturated carbocycles. The Labute approximate surface area is 146 Å². The first-order valence-electron chi connectivity index (χ1n) is 9.56. The highest BCUT2D eigenvalue weighted by Gasteiger charge is 2.20. The van der Waals surface area contributed by atoms with E-state index in [1.165, 1.54) is 56.9 Å². The van der Waals surface area contributed by atoms with Crippen molar-refractivity contribution >= 4 is 0 Å². The molecule has 1 aliphatic rings. The molecule has 130 valence electrons. The van der Waals surface area contributed by atoms with Crippen LogP contribution in [-0.2, 0) is 6.42 Å². The minimum Gasteiger partial charge on any atom is -0.216 e. The Hall–Kier alpha value is -1.62. The first-order chi connectivity index (χ1) is 11.8. The molecule has 0 radical (unpaired) electrons. The Morgan fingerprint density at radius 3 is 2.25 bits per heavy atom. The number of aryl methyl sites for hydroxylation is 1. The monoisotopic (exact) mass is 327 g/mol. The number of rotatable bonds is 9. The quantitative estimate of drug-likeness (QED) is 0.461. The van der Waals surface area contributed by atoms with E-state index in [-0.39, 0.29) is 0 Å². The van der Waals surface area contributed by atoms with Crippen molar-refractivity contribution in [1.82, 2.24) is 0 Å². The summed E-state index contributed by atoms with van der Waals surface area (Å²) in [7, 11) is 0. The smallest absolute Gasteiger partial charge is 0.0991 e. The van der Waals surface area contributed by atoms with Gasteiger partial charge in [-0.25, -0.2) is 4.39 Å². The Bertz CT molecular complexity index is 518. The van der Waals surface area contributed by atoms with Gasteiger partial charge in [-0.15, -0.1) is 0 Å². The average Bonchev–Trinajstić information content (AvgIpc) is 2.64. The lowest BCUT2D eigenvalue weighted by Crippen LogP contribution is -2.15. The number of nitriles is 1. The predicted octanol–water partition coefficient (Wildman–Crippen LogP) is 6.73. The largest absolute Gasteiger partial charge is 0.216 e. The molecule has 0 aromatic heterocycles. The van der Waals surface area contributed by atoms with Crippen molar-refractivity contribution in [1.29, 1.82) is 5.26 Å². The highest BCUT2D eigenvalue weighted by Crippen LogP contribution is 2.34. The van der Waals surface area contributed by atoms with Crippen molar-refractivity contribution < 1.29 is 4.39 Å². The Kier molecular flexibility index (Phi) is 8.60. The van der Waals surface area contributed by atoms with Gasteiger partial charge in [0.15, 0.2) is 0 Å². The number of benzene rings is 1. The predicted molar refractivity (Wildman–Crippen MR) is 98.3 cm³/mol. The summed E-state index contributed by atoms with van der Waals surface area (Å²) in [6.45, 7) is 0. The van der Waals surface area contributed by atoms with Gasteiger partial charge in [-0.1, -0.05) is 63.2 Å². The van der Waals surface area contributed by atoms with Crippen LogP contribution in [-0.4, -0.2) is 0 Å². The molecule has 0 atom stereocenters. The molecule has 0 bridgehead atoms. The normalized spacial score (nSPS) is 21.0. The molecule has 2 heteroatoms. The lowest BCUT2D eigenvalue weighted by molar-refractivity contribution is 0.249. The topological polar surface area (TPSA) is 23.8 Å². The van der Waals surface area contributed by atoms with Gasteiger partial charge in [0.25, 0.3) is 0 Å². The Balaban J connectivity index is 1.56. The van der Waals surface area contributed by atoms with Crippen LogP contribution < -0.4 is 0 Å². The molecule has 0 heterocycles. The lowest BCUT2D eigenvalue weighted by atomic mass is 9.77. The zero-order chi connectivity index (χ0) is 17.0. The van der Waals surface area contributed by atoms with Crippen LogP contribution in [0.4, 0.5) is 4.39 Å². The van der Waals surface area contributed by atoms with E-state index in [2.05, 4.69) is 18.2 Å². The summed E-state index contributed by atoms with van der Waals surface area (Å²) in [5.74, 6) is 1.81. The van der Waals surface area contributed by atoms with Crippen LogP contribution in [0.25, 0.3) is 0 Å². The molecule has 0 aliphatic heterocycles. The third-order valence-corrected chi connectivity index (χ3v) is 5.46. The highest BCUT2D eigenvalue weighted by molar-refractivity contribution is 5.31. The van der Waals surface area contributed by atoms with Crippen molar-refractivity contribution in [3.8, 4) is 6.07 Å². The molecule has 0 N–H and O–H groups in total. The van der Waals surface area contributed by atoms with Gasteiger partial charge in [0.05, 0.1) is 18.0 Å². The second kappa shape index (κ2) is 11.0. The first-order valence-corrected chi connectivity index (χ1v) is 9.56. The summed E-state index contributed by atoms with van der Waals surface area (Å²) in [6.07, 6.45) is 16.2. The number of nitrogens with zero attached hydrogens (tertiary/aromatic N) is 1. The molecule has 1 aromatic rings. The molecule has 0 saturated heterocycles. The van der Waals surface area contributed by atoms with Gasteiger partial charge in [0, 0.05) is 0 Å². The van der Waals surface area contributed by atoms with Crippen LogP contribution in [0.3, 0.4) is 0 Å². The van der Waals surface area contributed by atoms with Crippen LogP contribution in [0.15, 0.2) is 36.7 Å². The summed E-state index contributed by atoms with van der Waals surface area (Å²) in [4.78, 5) is 0.